The van der Waals surface area contributed by atoms with E-state index in [0.717, 1.165) is 24.2 Å². The van der Waals surface area contributed by atoms with Crippen molar-refractivity contribution in [2.45, 2.75) is 50.9 Å². The summed E-state index contributed by atoms with van der Waals surface area (Å²) >= 11 is 0. The van der Waals surface area contributed by atoms with Crippen molar-refractivity contribution in [3.63, 3.8) is 0 Å². The van der Waals surface area contributed by atoms with Crippen molar-refractivity contribution in [3.05, 3.63) is 12.2 Å². The number of epoxide rings is 1. The quantitative estimate of drug-likeness (QED) is 0.437. The topological polar surface area (TPSA) is 38.8 Å². The summed E-state index contributed by atoms with van der Waals surface area (Å²) in [5.41, 5.74) is 0.604. The fourth-order valence-electron chi connectivity index (χ4n) is 4.77. The number of rotatable bonds is 3. The van der Waals surface area contributed by atoms with Gasteiger partial charge >= 0.3 is 5.97 Å². The van der Waals surface area contributed by atoms with E-state index in [9.17, 15) is 4.79 Å². The average Bonchev–Trinajstić information content (AvgIpc) is 2.77. The van der Waals surface area contributed by atoms with Crippen LogP contribution in [0, 0.1) is 23.7 Å². The van der Waals surface area contributed by atoms with E-state index < -0.39 is 0 Å². The van der Waals surface area contributed by atoms with Crippen molar-refractivity contribution in [3.8, 4) is 0 Å². The van der Waals surface area contributed by atoms with Crippen LogP contribution in [-0.4, -0.2) is 24.3 Å². The maximum Gasteiger partial charge on any atom is 0.333 e. The van der Waals surface area contributed by atoms with Gasteiger partial charge in [0.2, 0.25) is 0 Å². The summed E-state index contributed by atoms with van der Waals surface area (Å²) in [7, 11) is 0. The van der Waals surface area contributed by atoms with E-state index in [1.807, 2.05) is 6.92 Å². The van der Waals surface area contributed by atoms with E-state index in [4.69, 9.17) is 9.47 Å². The Labute approximate surface area is 108 Å². The van der Waals surface area contributed by atoms with Crippen molar-refractivity contribution in [2.24, 2.45) is 23.7 Å². The van der Waals surface area contributed by atoms with Crippen LogP contribution in [0.4, 0.5) is 0 Å². The van der Waals surface area contributed by atoms with E-state index in [0.29, 0.717) is 30.1 Å². The molecule has 3 saturated carbocycles. The molecule has 1 aliphatic heterocycles. The number of carbonyl (C=O) groups is 1. The van der Waals surface area contributed by atoms with Gasteiger partial charge in [0.1, 0.15) is 6.10 Å². The van der Waals surface area contributed by atoms with Crippen LogP contribution in [-0.2, 0) is 14.3 Å². The SMILES string of the molecule is C=C(CC)C(=O)OC1CC2CC1C1CC3OC3C21. The summed E-state index contributed by atoms with van der Waals surface area (Å²) < 4.78 is 11.3. The molecular weight excluding hydrogens is 228 g/mol. The molecule has 1 saturated heterocycles. The fraction of sp³-hybridized carbons (Fsp3) is 0.800. The molecule has 7 atom stereocenters. The van der Waals surface area contributed by atoms with Crippen LogP contribution in [0.3, 0.4) is 0 Å². The highest BCUT2D eigenvalue weighted by atomic mass is 16.6. The van der Waals surface area contributed by atoms with Crippen molar-refractivity contribution in [1.29, 1.82) is 0 Å². The Balaban J connectivity index is 1.44. The normalized spacial score (nSPS) is 50.8. The molecule has 3 nitrogen and oxygen atoms in total. The molecular formula is C15H20O3. The van der Waals surface area contributed by atoms with Gasteiger partial charge in [-0.15, -0.1) is 0 Å². The molecule has 0 amide bonds. The van der Waals surface area contributed by atoms with E-state index in [-0.39, 0.29) is 12.1 Å². The zero-order valence-electron chi connectivity index (χ0n) is 10.8. The molecule has 4 rings (SSSR count). The highest BCUT2D eigenvalue weighted by Crippen LogP contribution is 2.64. The molecule has 0 N–H and O–H groups in total. The van der Waals surface area contributed by atoms with Crippen LogP contribution in [0.25, 0.3) is 0 Å². The summed E-state index contributed by atoms with van der Waals surface area (Å²) in [4.78, 5) is 11.8. The summed E-state index contributed by atoms with van der Waals surface area (Å²) in [6.45, 7) is 5.71. The number of ether oxygens (including phenoxy) is 2. The second-order valence-electron chi connectivity index (χ2n) is 6.41. The second-order valence-corrected chi connectivity index (χ2v) is 6.41. The molecule has 3 aliphatic carbocycles. The third-order valence-corrected chi connectivity index (χ3v) is 5.66. The number of hydrogen-bond donors (Lipinski definition) is 0. The minimum Gasteiger partial charge on any atom is -0.459 e. The second kappa shape index (κ2) is 3.60. The third-order valence-electron chi connectivity index (χ3n) is 5.66. The first-order valence-electron chi connectivity index (χ1n) is 7.23. The lowest BCUT2D eigenvalue weighted by atomic mass is 9.79. The third kappa shape index (κ3) is 1.37. The number of fused-ring (bicyclic) bond motifs is 7. The van der Waals surface area contributed by atoms with Gasteiger partial charge in [-0.25, -0.2) is 4.79 Å². The first-order valence-corrected chi connectivity index (χ1v) is 7.23. The Morgan fingerprint density at radius 2 is 2.17 bits per heavy atom. The molecule has 3 heteroatoms. The molecule has 2 bridgehead atoms. The van der Waals surface area contributed by atoms with Gasteiger partial charge in [-0.3, -0.25) is 0 Å². The lowest BCUT2D eigenvalue weighted by Gasteiger charge is -2.32. The van der Waals surface area contributed by atoms with Gasteiger partial charge in [-0.05, 0) is 49.4 Å². The average molecular weight is 248 g/mol. The Hall–Kier alpha value is -0.830. The van der Waals surface area contributed by atoms with Crippen LogP contribution in [0.15, 0.2) is 12.2 Å². The predicted molar refractivity (Wildman–Crippen MR) is 65.8 cm³/mol. The minimum atomic E-state index is -0.175. The first-order chi connectivity index (χ1) is 8.69. The number of hydrogen-bond acceptors (Lipinski definition) is 3. The molecule has 4 fully saturated rings. The number of esters is 1. The molecule has 0 spiro atoms. The van der Waals surface area contributed by atoms with Gasteiger partial charge in [0.15, 0.2) is 0 Å². The lowest BCUT2D eigenvalue weighted by Crippen LogP contribution is -2.34. The zero-order chi connectivity index (χ0) is 12.4. The molecule has 98 valence electrons. The van der Waals surface area contributed by atoms with E-state index >= 15 is 0 Å². The fourth-order valence-corrected chi connectivity index (χ4v) is 4.77. The van der Waals surface area contributed by atoms with Gasteiger partial charge in [0.05, 0.1) is 12.2 Å². The molecule has 4 aliphatic rings. The summed E-state index contributed by atoms with van der Waals surface area (Å²) in [6, 6.07) is 0. The number of carbonyl (C=O) groups excluding carboxylic acids is 1. The van der Waals surface area contributed by atoms with Crippen molar-refractivity contribution in [1.82, 2.24) is 0 Å². The highest BCUT2D eigenvalue weighted by Gasteiger charge is 2.67. The summed E-state index contributed by atoms with van der Waals surface area (Å²) in [5.74, 6) is 2.71. The predicted octanol–water partition coefficient (Wildman–Crippen LogP) is 2.31. The Bertz CT molecular complexity index is 416. The zero-order valence-corrected chi connectivity index (χ0v) is 10.8. The van der Waals surface area contributed by atoms with Crippen molar-refractivity contribution < 1.29 is 14.3 Å². The summed E-state index contributed by atoms with van der Waals surface area (Å²) in [6.07, 6.45) is 5.46. The molecule has 0 aromatic heterocycles. The van der Waals surface area contributed by atoms with Gasteiger partial charge in [-0.2, -0.15) is 0 Å². The van der Waals surface area contributed by atoms with Gasteiger partial charge in [0.25, 0.3) is 0 Å². The lowest BCUT2D eigenvalue weighted by molar-refractivity contribution is -0.148. The van der Waals surface area contributed by atoms with Gasteiger partial charge in [-0.1, -0.05) is 13.5 Å². The van der Waals surface area contributed by atoms with E-state index in [1.54, 1.807) is 0 Å². The standard InChI is InChI=1S/C15H20O3/c1-3-7(2)15(16)18-11-5-8-4-9(11)10-6-12-14(17-12)13(8)10/h8-14H,2-6H2,1H3. The van der Waals surface area contributed by atoms with E-state index in [1.165, 1.54) is 12.8 Å². The maximum atomic E-state index is 11.8. The Morgan fingerprint density at radius 1 is 1.33 bits per heavy atom. The van der Waals surface area contributed by atoms with Crippen LogP contribution in [0.5, 0.6) is 0 Å². The highest BCUT2D eigenvalue weighted by molar-refractivity contribution is 5.87. The molecule has 18 heavy (non-hydrogen) atoms. The summed E-state index contributed by atoms with van der Waals surface area (Å²) in [5, 5.41) is 0. The Morgan fingerprint density at radius 3 is 2.94 bits per heavy atom. The van der Waals surface area contributed by atoms with Crippen LogP contribution in [0.1, 0.15) is 32.6 Å². The molecule has 7 unspecified atom stereocenters. The van der Waals surface area contributed by atoms with Crippen LogP contribution >= 0.6 is 0 Å². The molecule has 1 heterocycles. The first kappa shape index (κ1) is 11.0. The van der Waals surface area contributed by atoms with Crippen molar-refractivity contribution >= 4 is 5.97 Å². The van der Waals surface area contributed by atoms with E-state index in [2.05, 4.69) is 6.58 Å². The van der Waals surface area contributed by atoms with Crippen LogP contribution < -0.4 is 0 Å². The molecule has 0 radical (unpaired) electrons. The monoisotopic (exact) mass is 248 g/mol. The largest absolute Gasteiger partial charge is 0.459 e. The smallest absolute Gasteiger partial charge is 0.333 e. The van der Waals surface area contributed by atoms with Gasteiger partial charge < -0.3 is 9.47 Å². The van der Waals surface area contributed by atoms with Gasteiger partial charge in [0, 0.05) is 5.57 Å². The minimum absolute atomic E-state index is 0.157. The molecule has 0 aromatic carbocycles. The van der Waals surface area contributed by atoms with Crippen LogP contribution in [0.2, 0.25) is 0 Å². The van der Waals surface area contributed by atoms with Crippen molar-refractivity contribution in [2.75, 3.05) is 0 Å². The maximum absolute atomic E-state index is 11.8. The molecule has 0 aromatic rings. The Kier molecular flexibility index (Phi) is 2.20.